The molecule has 0 saturated carbocycles. The third-order valence-corrected chi connectivity index (χ3v) is 3.07. The van der Waals surface area contributed by atoms with E-state index in [4.69, 9.17) is 4.74 Å². The molecule has 0 fully saturated rings. The smallest absolute Gasteiger partial charge is 0.254 e. The number of H-pyrrole nitrogens is 1. The third-order valence-electron chi connectivity index (χ3n) is 3.07. The monoisotopic (exact) mass is 281 g/mol. The first-order valence-corrected chi connectivity index (χ1v) is 6.76. The molecule has 106 valence electrons. The van der Waals surface area contributed by atoms with Gasteiger partial charge in [0.1, 0.15) is 11.6 Å². The Balaban J connectivity index is 1.96. The topological polar surface area (TPSA) is 67.9 Å². The lowest BCUT2D eigenvalue weighted by Crippen LogP contribution is -2.11. The average Bonchev–Trinajstić information content (AvgIpc) is 2.46. The maximum Gasteiger partial charge on any atom is 0.254 e. The highest BCUT2D eigenvalue weighted by atomic mass is 16.5. The first kappa shape index (κ1) is 13.3. The van der Waals surface area contributed by atoms with Crippen molar-refractivity contribution in [3.8, 4) is 11.6 Å². The van der Waals surface area contributed by atoms with Crippen molar-refractivity contribution in [1.29, 1.82) is 0 Å². The lowest BCUT2D eigenvalue weighted by molar-refractivity contribution is 0.454. The lowest BCUT2D eigenvalue weighted by Gasteiger charge is -2.08. The van der Waals surface area contributed by atoms with Gasteiger partial charge in [-0.05, 0) is 12.1 Å². The number of rotatable bonds is 3. The zero-order valence-corrected chi connectivity index (χ0v) is 11.8. The van der Waals surface area contributed by atoms with Gasteiger partial charge in [0, 0.05) is 11.3 Å². The summed E-state index contributed by atoms with van der Waals surface area (Å²) in [6.45, 7) is 3.92. The summed E-state index contributed by atoms with van der Waals surface area (Å²) < 4.78 is 5.66. The number of hydrogen-bond donors (Lipinski definition) is 1. The molecule has 0 spiro atoms. The Morgan fingerprint density at radius 2 is 2.00 bits per heavy atom. The van der Waals surface area contributed by atoms with E-state index in [0.717, 1.165) is 10.9 Å². The van der Waals surface area contributed by atoms with Crippen molar-refractivity contribution < 1.29 is 4.74 Å². The normalized spacial score (nSPS) is 11.0. The SMILES string of the molecule is CC(C)c1nc(Oc2cnc3ccccc3c2)cc(=O)[nH]1. The first-order valence-electron chi connectivity index (χ1n) is 6.76. The minimum absolute atomic E-state index is 0.121. The van der Waals surface area contributed by atoms with Gasteiger partial charge in [0.25, 0.3) is 5.56 Å². The Kier molecular flexibility index (Phi) is 3.39. The quantitative estimate of drug-likeness (QED) is 0.800. The summed E-state index contributed by atoms with van der Waals surface area (Å²) >= 11 is 0. The van der Waals surface area contributed by atoms with Gasteiger partial charge in [-0.25, -0.2) is 0 Å². The van der Waals surface area contributed by atoms with Gasteiger partial charge < -0.3 is 9.72 Å². The van der Waals surface area contributed by atoms with Crippen LogP contribution in [-0.2, 0) is 0 Å². The Bertz CT molecular complexity index is 840. The second kappa shape index (κ2) is 5.36. The van der Waals surface area contributed by atoms with Crippen molar-refractivity contribution in [2.45, 2.75) is 19.8 Å². The van der Waals surface area contributed by atoms with Crippen molar-refractivity contribution in [1.82, 2.24) is 15.0 Å². The summed E-state index contributed by atoms with van der Waals surface area (Å²) in [5, 5.41) is 0.976. The number of nitrogens with one attached hydrogen (secondary N) is 1. The molecule has 2 heterocycles. The summed E-state index contributed by atoms with van der Waals surface area (Å²) in [6, 6.07) is 11.0. The molecule has 0 radical (unpaired) electrons. The highest BCUT2D eigenvalue weighted by Gasteiger charge is 2.07. The molecule has 0 amide bonds. The van der Waals surface area contributed by atoms with Gasteiger partial charge in [0.2, 0.25) is 5.88 Å². The van der Waals surface area contributed by atoms with Gasteiger partial charge in [0.05, 0.1) is 17.8 Å². The number of nitrogens with zero attached hydrogens (tertiary/aromatic N) is 2. The summed E-state index contributed by atoms with van der Waals surface area (Å²) in [5.41, 5.74) is 0.670. The van der Waals surface area contributed by atoms with Crippen LogP contribution in [0.4, 0.5) is 0 Å². The molecular formula is C16H15N3O2. The molecule has 0 atom stereocenters. The van der Waals surface area contributed by atoms with Gasteiger partial charge in [-0.3, -0.25) is 9.78 Å². The Labute approximate surface area is 121 Å². The molecule has 3 aromatic rings. The van der Waals surface area contributed by atoms with E-state index >= 15 is 0 Å². The van der Waals surface area contributed by atoms with E-state index in [1.807, 2.05) is 44.2 Å². The Morgan fingerprint density at radius 3 is 2.81 bits per heavy atom. The number of hydrogen-bond acceptors (Lipinski definition) is 4. The van der Waals surface area contributed by atoms with Crippen LogP contribution in [0.5, 0.6) is 11.6 Å². The predicted molar refractivity (Wildman–Crippen MR) is 80.8 cm³/mol. The van der Waals surface area contributed by atoms with Crippen LogP contribution in [0.2, 0.25) is 0 Å². The molecule has 0 unspecified atom stereocenters. The number of benzene rings is 1. The fourth-order valence-electron chi connectivity index (χ4n) is 2.01. The first-order chi connectivity index (χ1) is 10.1. The predicted octanol–water partition coefficient (Wildman–Crippen LogP) is 3.23. The van der Waals surface area contributed by atoms with Crippen LogP contribution in [0.1, 0.15) is 25.6 Å². The van der Waals surface area contributed by atoms with Crippen LogP contribution in [0.15, 0.2) is 47.4 Å². The van der Waals surface area contributed by atoms with Crippen molar-refractivity contribution in [3.05, 3.63) is 58.8 Å². The standard InChI is InChI=1S/C16H15N3O2/c1-10(2)16-18-14(20)8-15(19-16)21-12-7-11-5-3-4-6-13(11)17-9-12/h3-10H,1-2H3,(H,18,19,20). The Morgan fingerprint density at radius 1 is 1.19 bits per heavy atom. The summed E-state index contributed by atoms with van der Waals surface area (Å²) in [6.07, 6.45) is 1.63. The van der Waals surface area contributed by atoms with E-state index in [0.29, 0.717) is 11.6 Å². The number of aromatic amines is 1. The lowest BCUT2D eigenvalue weighted by atomic mass is 10.2. The van der Waals surface area contributed by atoms with Crippen LogP contribution in [0.25, 0.3) is 10.9 Å². The van der Waals surface area contributed by atoms with E-state index in [1.165, 1.54) is 6.07 Å². The summed E-state index contributed by atoms with van der Waals surface area (Å²) in [7, 11) is 0. The largest absolute Gasteiger partial charge is 0.437 e. The van der Waals surface area contributed by atoms with Crippen molar-refractivity contribution in [3.63, 3.8) is 0 Å². The number of para-hydroxylation sites is 1. The number of aromatic nitrogens is 3. The maximum atomic E-state index is 11.6. The molecule has 0 aliphatic rings. The van der Waals surface area contributed by atoms with Crippen LogP contribution < -0.4 is 10.3 Å². The highest BCUT2D eigenvalue weighted by molar-refractivity contribution is 5.79. The second-order valence-electron chi connectivity index (χ2n) is 5.09. The van der Waals surface area contributed by atoms with E-state index in [1.54, 1.807) is 6.20 Å². The highest BCUT2D eigenvalue weighted by Crippen LogP contribution is 2.22. The molecule has 0 aliphatic carbocycles. The molecule has 0 bridgehead atoms. The minimum Gasteiger partial charge on any atom is -0.437 e. The number of fused-ring (bicyclic) bond motifs is 1. The second-order valence-corrected chi connectivity index (χ2v) is 5.09. The van der Waals surface area contributed by atoms with E-state index < -0.39 is 0 Å². The molecule has 5 heteroatoms. The van der Waals surface area contributed by atoms with E-state index in [2.05, 4.69) is 15.0 Å². The van der Waals surface area contributed by atoms with E-state index in [9.17, 15) is 4.79 Å². The third kappa shape index (κ3) is 2.91. The van der Waals surface area contributed by atoms with Crippen molar-refractivity contribution >= 4 is 10.9 Å². The summed E-state index contributed by atoms with van der Waals surface area (Å²) in [5.74, 6) is 1.56. The van der Waals surface area contributed by atoms with Crippen molar-refractivity contribution in [2.24, 2.45) is 0 Å². The molecule has 2 aromatic heterocycles. The summed E-state index contributed by atoms with van der Waals surface area (Å²) in [4.78, 5) is 22.9. The molecule has 0 saturated heterocycles. The zero-order valence-electron chi connectivity index (χ0n) is 11.8. The molecule has 1 aromatic carbocycles. The molecule has 3 rings (SSSR count). The molecule has 0 aliphatic heterocycles. The van der Waals surface area contributed by atoms with Crippen molar-refractivity contribution in [2.75, 3.05) is 0 Å². The van der Waals surface area contributed by atoms with Gasteiger partial charge in [-0.1, -0.05) is 32.0 Å². The van der Waals surface area contributed by atoms with Gasteiger partial charge >= 0.3 is 0 Å². The van der Waals surface area contributed by atoms with Gasteiger partial charge in [-0.15, -0.1) is 0 Å². The van der Waals surface area contributed by atoms with E-state index in [-0.39, 0.29) is 17.4 Å². The average molecular weight is 281 g/mol. The Hall–Kier alpha value is -2.69. The van der Waals surface area contributed by atoms with Crippen LogP contribution in [0, 0.1) is 0 Å². The van der Waals surface area contributed by atoms with Crippen LogP contribution in [0.3, 0.4) is 0 Å². The van der Waals surface area contributed by atoms with Crippen LogP contribution >= 0.6 is 0 Å². The maximum absolute atomic E-state index is 11.6. The number of ether oxygens (including phenoxy) is 1. The van der Waals surface area contributed by atoms with Gasteiger partial charge in [-0.2, -0.15) is 4.98 Å². The zero-order chi connectivity index (χ0) is 14.8. The molecular weight excluding hydrogens is 266 g/mol. The number of pyridine rings is 1. The fraction of sp³-hybridized carbons (Fsp3) is 0.188. The molecule has 1 N–H and O–H groups in total. The fourth-order valence-corrected chi connectivity index (χ4v) is 2.01. The van der Waals surface area contributed by atoms with Gasteiger partial charge in [0.15, 0.2) is 0 Å². The van der Waals surface area contributed by atoms with Crippen LogP contribution in [-0.4, -0.2) is 15.0 Å². The molecule has 5 nitrogen and oxygen atoms in total. The molecule has 21 heavy (non-hydrogen) atoms. The minimum atomic E-state index is -0.225.